The van der Waals surface area contributed by atoms with Crippen molar-refractivity contribution in [3.05, 3.63) is 46.6 Å². The second-order valence-electron chi connectivity index (χ2n) is 8.61. The Labute approximate surface area is 181 Å². The highest BCUT2D eigenvalue weighted by Crippen LogP contribution is 2.26. The van der Waals surface area contributed by atoms with Crippen LogP contribution in [0.1, 0.15) is 38.5 Å². The Balaban J connectivity index is 1.30. The summed E-state index contributed by atoms with van der Waals surface area (Å²) in [4.78, 5) is 12.9. The predicted octanol–water partition coefficient (Wildman–Crippen LogP) is 3.99. The summed E-state index contributed by atoms with van der Waals surface area (Å²) in [6.07, 6.45) is 6.87. The van der Waals surface area contributed by atoms with Crippen molar-refractivity contribution in [2.45, 2.75) is 50.6 Å². The maximum absolute atomic E-state index is 12.9. The quantitative estimate of drug-likeness (QED) is 0.535. The molecule has 2 aliphatic heterocycles. The first kappa shape index (κ1) is 20.3. The van der Waals surface area contributed by atoms with E-state index in [1.54, 1.807) is 12.1 Å². The van der Waals surface area contributed by atoms with E-state index in [0.717, 1.165) is 37.4 Å². The van der Waals surface area contributed by atoms with E-state index in [1.807, 2.05) is 24.3 Å². The highest BCUT2D eigenvalue weighted by Gasteiger charge is 2.15. The molecule has 0 bridgehead atoms. The van der Waals surface area contributed by atoms with Gasteiger partial charge in [-0.15, -0.1) is 0 Å². The summed E-state index contributed by atoms with van der Waals surface area (Å²) < 4.78 is 17.9. The lowest BCUT2D eigenvalue weighted by atomic mass is 10.1. The molecule has 0 radical (unpaired) electrons. The highest BCUT2D eigenvalue weighted by atomic mass is 16.5. The molecule has 0 amide bonds. The van der Waals surface area contributed by atoms with Gasteiger partial charge in [-0.3, -0.25) is 4.79 Å². The van der Waals surface area contributed by atoms with Crippen molar-refractivity contribution in [2.24, 2.45) is 0 Å². The molecule has 31 heavy (non-hydrogen) atoms. The monoisotopic (exact) mass is 422 g/mol. The smallest absolute Gasteiger partial charge is 0.200 e. The van der Waals surface area contributed by atoms with E-state index < -0.39 is 0 Å². The third-order valence-corrected chi connectivity index (χ3v) is 6.41. The maximum Gasteiger partial charge on any atom is 0.200 e. The summed E-state index contributed by atoms with van der Waals surface area (Å²) in [5.74, 6) is 1.45. The predicted molar refractivity (Wildman–Crippen MR) is 122 cm³/mol. The van der Waals surface area contributed by atoms with Crippen LogP contribution >= 0.6 is 0 Å². The summed E-state index contributed by atoms with van der Waals surface area (Å²) in [5.41, 5.74) is 1.06. The van der Waals surface area contributed by atoms with Gasteiger partial charge in [0, 0.05) is 24.2 Å². The first-order chi connectivity index (χ1) is 15.3. The summed E-state index contributed by atoms with van der Waals surface area (Å²) in [7, 11) is 0. The van der Waals surface area contributed by atoms with Gasteiger partial charge in [-0.1, -0.05) is 0 Å². The molecule has 1 aromatic heterocycles. The third kappa shape index (κ3) is 4.70. The van der Waals surface area contributed by atoms with Crippen molar-refractivity contribution in [2.75, 3.05) is 26.3 Å². The number of nitrogens with one attached hydrogen (secondary N) is 2. The van der Waals surface area contributed by atoms with Gasteiger partial charge in [0.05, 0.1) is 24.0 Å². The molecule has 5 rings (SSSR count). The van der Waals surface area contributed by atoms with E-state index in [9.17, 15) is 4.79 Å². The van der Waals surface area contributed by atoms with Crippen LogP contribution in [0.5, 0.6) is 11.5 Å². The molecule has 0 aliphatic carbocycles. The Bertz CT molecular complexity index is 1010. The van der Waals surface area contributed by atoms with Crippen LogP contribution in [0, 0.1) is 0 Å². The standard InChI is InChI=1S/C25H30N2O4/c28-25-21-7-5-19(29-13-9-17-3-1-11-26-17)15-23(21)31-24-16-20(6-8-22(24)25)30-14-10-18-4-2-12-27-18/h5-8,15-18,26-27H,1-4,9-14H2. The molecular weight excluding hydrogens is 392 g/mol. The van der Waals surface area contributed by atoms with Crippen molar-refractivity contribution >= 4 is 21.9 Å². The second-order valence-corrected chi connectivity index (χ2v) is 8.61. The molecule has 164 valence electrons. The van der Waals surface area contributed by atoms with Crippen LogP contribution in [-0.2, 0) is 0 Å². The largest absolute Gasteiger partial charge is 0.493 e. The van der Waals surface area contributed by atoms with Crippen LogP contribution < -0.4 is 25.5 Å². The van der Waals surface area contributed by atoms with Crippen LogP contribution in [0.2, 0.25) is 0 Å². The molecule has 2 atom stereocenters. The summed E-state index contributed by atoms with van der Waals surface area (Å²) in [5, 5.41) is 8.10. The number of rotatable bonds is 8. The molecule has 6 nitrogen and oxygen atoms in total. The van der Waals surface area contributed by atoms with Crippen molar-refractivity contribution in [3.63, 3.8) is 0 Å². The van der Waals surface area contributed by atoms with Crippen molar-refractivity contribution in [1.29, 1.82) is 0 Å². The van der Waals surface area contributed by atoms with Gasteiger partial charge in [0.15, 0.2) is 0 Å². The molecule has 3 heterocycles. The Morgan fingerprint density at radius 1 is 0.806 bits per heavy atom. The van der Waals surface area contributed by atoms with Gasteiger partial charge in [-0.2, -0.15) is 0 Å². The highest BCUT2D eigenvalue weighted by molar-refractivity contribution is 5.90. The average molecular weight is 423 g/mol. The first-order valence-electron chi connectivity index (χ1n) is 11.5. The number of hydrogen-bond acceptors (Lipinski definition) is 6. The molecule has 0 saturated carbocycles. The summed E-state index contributed by atoms with van der Waals surface area (Å²) in [6, 6.07) is 12.0. The van der Waals surface area contributed by atoms with E-state index in [-0.39, 0.29) is 5.43 Å². The van der Waals surface area contributed by atoms with Crippen LogP contribution in [0.15, 0.2) is 45.6 Å². The zero-order valence-corrected chi connectivity index (χ0v) is 17.8. The Morgan fingerprint density at radius 2 is 1.32 bits per heavy atom. The number of benzene rings is 2. The Kier molecular flexibility index (Phi) is 6.09. The van der Waals surface area contributed by atoms with E-state index in [1.165, 1.54) is 25.7 Å². The minimum Gasteiger partial charge on any atom is -0.493 e. The van der Waals surface area contributed by atoms with Gasteiger partial charge in [-0.05, 0) is 75.9 Å². The maximum atomic E-state index is 12.9. The molecule has 2 fully saturated rings. The minimum absolute atomic E-state index is 0.0281. The summed E-state index contributed by atoms with van der Waals surface area (Å²) >= 11 is 0. The number of hydrogen-bond donors (Lipinski definition) is 2. The average Bonchev–Trinajstić information content (AvgIpc) is 3.48. The van der Waals surface area contributed by atoms with Gasteiger partial charge in [0.25, 0.3) is 0 Å². The van der Waals surface area contributed by atoms with Crippen molar-refractivity contribution in [3.8, 4) is 11.5 Å². The number of fused-ring (bicyclic) bond motifs is 2. The molecule has 2 aliphatic rings. The lowest BCUT2D eigenvalue weighted by Crippen LogP contribution is -2.23. The van der Waals surface area contributed by atoms with E-state index >= 15 is 0 Å². The van der Waals surface area contributed by atoms with Crippen LogP contribution in [0.4, 0.5) is 0 Å². The van der Waals surface area contributed by atoms with Crippen LogP contribution in [0.25, 0.3) is 21.9 Å². The third-order valence-electron chi connectivity index (χ3n) is 6.41. The van der Waals surface area contributed by atoms with Gasteiger partial charge in [-0.25, -0.2) is 0 Å². The van der Waals surface area contributed by atoms with Gasteiger partial charge in [0.1, 0.15) is 22.7 Å². The zero-order valence-electron chi connectivity index (χ0n) is 17.8. The normalized spacial score (nSPS) is 21.2. The molecule has 2 saturated heterocycles. The molecule has 2 unspecified atom stereocenters. The molecule has 0 spiro atoms. The molecular formula is C25H30N2O4. The Morgan fingerprint density at radius 3 is 1.77 bits per heavy atom. The molecule has 6 heteroatoms. The Hall–Kier alpha value is -2.57. The first-order valence-corrected chi connectivity index (χ1v) is 11.5. The topological polar surface area (TPSA) is 72.7 Å². The SMILES string of the molecule is O=c1c2ccc(OCCC3CCCN3)cc2oc2cc(OCCC3CCCN3)ccc12. The van der Waals surface area contributed by atoms with Crippen LogP contribution in [-0.4, -0.2) is 38.4 Å². The molecule has 2 N–H and O–H groups in total. The fourth-order valence-electron chi connectivity index (χ4n) is 4.64. The molecule has 3 aromatic rings. The van der Waals surface area contributed by atoms with Gasteiger partial charge >= 0.3 is 0 Å². The fraction of sp³-hybridized carbons (Fsp3) is 0.480. The van der Waals surface area contributed by atoms with E-state index in [4.69, 9.17) is 13.9 Å². The lowest BCUT2D eigenvalue weighted by Gasteiger charge is -2.12. The van der Waals surface area contributed by atoms with E-state index in [0.29, 0.717) is 47.2 Å². The van der Waals surface area contributed by atoms with Gasteiger partial charge < -0.3 is 24.5 Å². The van der Waals surface area contributed by atoms with Crippen molar-refractivity contribution in [1.82, 2.24) is 10.6 Å². The zero-order chi connectivity index (χ0) is 21.0. The van der Waals surface area contributed by atoms with Gasteiger partial charge in [0.2, 0.25) is 5.43 Å². The second kappa shape index (κ2) is 9.28. The van der Waals surface area contributed by atoms with E-state index in [2.05, 4.69) is 10.6 Å². The lowest BCUT2D eigenvalue weighted by molar-refractivity contribution is 0.292. The van der Waals surface area contributed by atoms with Crippen molar-refractivity contribution < 1.29 is 13.9 Å². The number of ether oxygens (including phenoxy) is 2. The fourth-order valence-corrected chi connectivity index (χ4v) is 4.64. The minimum atomic E-state index is -0.0281. The summed E-state index contributed by atoms with van der Waals surface area (Å²) in [6.45, 7) is 3.49. The van der Waals surface area contributed by atoms with Crippen LogP contribution in [0.3, 0.4) is 0 Å². The molecule has 2 aromatic carbocycles.